The quantitative estimate of drug-likeness (QED) is 0.510. The van der Waals surface area contributed by atoms with E-state index in [4.69, 9.17) is 22.7 Å². The monoisotopic (exact) mass is 237 g/mol. The first-order valence-corrected chi connectivity index (χ1v) is 5.18. The molecule has 0 spiro atoms. The highest BCUT2D eigenvalue weighted by molar-refractivity contribution is 5.73. The van der Waals surface area contributed by atoms with Crippen LogP contribution in [-0.4, -0.2) is 47.1 Å². The molecule has 1 fully saturated rings. The molecule has 0 aliphatic carbocycles. The second-order valence-corrected chi connectivity index (χ2v) is 3.85. The Morgan fingerprint density at radius 3 is 2.53 bits per heavy atom. The van der Waals surface area contributed by atoms with Gasteiger partial charge in [-0.2, -0.15) is 0 Å². The molecule has 1 saturated heterocycles. The highest BCUT2D eigenvalue weighted by Gasteiger charge is 2.43. The normalized spacial score (nSPS) is 36.6. The van der Waals surface area contributed by atoms with Gasteiger partial charge in [0.25, 0.3) is 0 Å². The van der Waals surface area contributed by atoms with E-state index in [1.807, 2.05) is 0 Å². The Balaban J connectivity index is 2.93. The Morgan fingerprint density at radius 2 is 2.12 bits per heavy atom. The number of hydrogen-bond acceptors (Lipinski definition) is 4. The molecule has 92 valence electrons. The lowest BCUT2D eigenvalue weighted by Crippen LogP contribution is -2.60. The Bertz CT molecular complexity index is 368. The average molecular weight is 237 g/mol. The Labute approximate surface area is 100 Å². The summed E-state index contributed by atoms with van der Waals surface area (Å²) in [6, 6.07) is -0.763. The zero-order valence-corrected chi connectivity index (χ0v) is 9.46. The van der Waals surface area contributed by atoms with Crippen molar-refractivity contribution in [3.63, 3.8) is 0 Å². The zero-order chi connectivity index (χ0) is 13.0. The molecule has 5 heteroatoms. The van der Waals surface area contributed by atoms with Gasteiger partial charge in [-0.3, -0.25) is 4.79 Å². The zero-order valence-electron chi connectivity index (χ0n) is 9.46. The first-order valence-electron chi connectivity index (χ1n) is 5.18. The van der Waals surface area contributed by atoms with Crippen molar-refractivity contribution in [3.05, 3.63) is 0 Å². The van der Waals surface area contributed by atoms with Gasteiger partial charge >= 0.3 is 0 Å². The van der Waals surface area contributed by atoms with E-state index in [0.29, 0.717) is 0 Å². The summed E-state index contributed by atoms with van der Waals surface area (Å²) in [5.74, 6) is 3.63. The van der Waals surface area contributed by atoms with Crippen LogP contribution in [0.15, 0.2) is 0 Å². The largest absolute Gasteiger partial charge is 0.394 e. The van der Waals surface area contributed by atoms with Gasteiger partial charge in [-0.05, 0) is 0 Å². The van der Waals surface area contributed by atoms with Crippen LogP contribution in [0.5, 0.6) is 0 Å². The molecule has 0 aromatic rings. The molecule has 1 rings (SSSR count). The number of amides is 1. The minimum Gasteiger partial charge on any atom is -0.394 e. The number of nitrogens with one attached hydrogen (secondary N) is 1. The third-order valence-corrected chi connectivity index (χ3v) is 2.69. The van der Waals surface area contributed by atoms with Crippen molar-refractivity contribution in [1.29, 1.82) is 0 Å². The highest BCUT2D eigenvalue weighted by Crippen LogP contribution is 2.25. The number of aliphatic hydroxyl groups excluding tert-OH is 2. The van der Waals surface area contributed by atoms with Crippen LogP contribution in [0.25, 0.3) is 0 Å². The molecule has 17 heavy (non-hydrogen) atoms. The van der Waals surface area contributed by atoms with E-state index in [1.54, 1.807) is 0 Å². The van der Waals surface area contributed by atoms with Crippen LogP contribution in [0.4, 0.5) is 0 Å². The molecule has 5 atom stereocenters. The number of terminal acetylenes is 2. The molecule has 3 N–H and O–H groups in total. The van der Waals surface area contributed by atoms with E-state index < -0.39 is 30.3 Å². The summed E-state index contributed by atoms with van der Waals surface area (Å²) in [5.41, 5.74) is 0. The summed E-state index contributed by atoms with van der Waals surface area (Å²) in [6.07, 6.45) is 7.96. The van der Waals surface area contributed by atoms with Gasteiger partial charge in [-0.25, -0.2) is 0 Å². The first kappa shape index (κ1) is 13.5. The lowest BCUT2D eigenvalue weighted by Gasteiger charge is -2.40. The third kappa shape index (κ3) is 2.78. The van der Waals surface area contributed by atoms with Gasteiger partial charge in [0.2, 0.25) is 5.91 Å². The van der Waals surface area contributed by atoms with E-state index in [0.717, 1.165) is 0 Å². The highest BCUT2D eigenvalue weighted by atomic mass is 16.5. The molecule has 1 aliphatic rings. The summed E-state index contributed by atoms with van der Waals surface area (Å²) in [5, 5.41) is 21.6. The Morgan fingerprint density at radius 1 is 1.47 bits per heavy atom. The maximum Gasteiger partial charge on any atom is 0.217 e. The minimum atomic E-state index is -1.05. The summed E-state index contributed by atoms with van der Waals surface area (Å²) in [6.45, 7) is 0.972. The summed E-state index contributed by atoms with van der Waals surface area (Å²) in [7, 11) is 0. The number of carbonyl (C=O) groups is 1. The van der Waals surface area contributed by atoms with Gasteiger partial charge in [0.05, 0.1) is 30.8 Å². The molecule has 0 radical (unpaired) electrons. The van der Waals surface area contributed by atoms with Crippen LogP contribution in [0.3, 0.4) is 0 Å². The standard InChI is InChI=1S/C12H15NO4/c1-4-8-10(6-14)17-9(5-2)11(12(8)16)13-7(3)15/h1-2,8-12,14,16H,6H2,3H3,(H,13,15)/t8-,9+,10-,11+,12+/m1/s1. The second-order valence-electron chi connectivity index (χ2n) is 3.85. The van der Waals surface area contributed by atoms with Gasteiger partial charge < -0.3 is 20.3 Å². The molecule has 0 aromatic carbocycles. The molecule has 0 aromatic heterocycles. The van der Waals surface area contributed by atoms with Crippen molar-refractivity contribution in [1.82, 2.24) is 5.32 Å². The number of aliphatic hydroxyl groups is 2. The number of hydrogen-bond donors (Lipinski definition) is 3. The van der Waals surface area contributed by atoms with Crippen LogP contribution >= 0.6 is 0 Å². The number of rotatable bonds is 2. The smallest absolute Gasteiger partial charge is 0.217 e. The molecule has 0 bridgehead atoms. The van der Waals surface area contributed by atoms with E-state index in [9.17, 15) is 9.90 Å². The van der Waals surface area contributed by atoms with Crippen LogP contribution in [0.2, 0.25) is 0 Å². The van der Waals surface area contributed by atoms with Crippen LogP contribution in [0.1, 0.15) is 6.92 Å². The van der Waals surface area contributed by atoms with Gasteiger partial charge in [-0.15, -0.1) is 12.8 Å². The second kappa shape index (κ2) is 5.70. The Kier molecular flexibility index (Phi) is 4.53. The Hall–Kier alpha value is -1.53. The SMILES string of the molecule is C#C[C@H]1[C@H](O)[C@@H](NC(C)=O)[C@H](C#C)O[C@@H]1CO. The average Bonchev–Trinajstić information content (AvgIpc) is 2.30. The molecule has 0 saturated carbocycles. The van der Waals surface area contributed by atoms with Gasteiger partial charge in [0, 0.05) is 6.92 Å². The van der Waals surface area contributed by atoms with Gasteiger partial charge in [0.15, 0.2) is 0 Å². The van der Waals surface area contributed by atoms with Crippen LogP contribution < -0.4 is 5.32 Å². The lowest BCUT2D eigenvalue weighted by molar-refractivity contribution is -0.143. The molecule has 0 unspecified atom stereocenters. The summed E-state index contributed by atoms with van der Waals surface area (Å²) < 4.78 is 5.37. The molecule has 1 aliphatic heterocycles. The lowest BCUT2D eigenvalue weighted by atomic mass is 9.86. The van der Waals surface area contributed by atoms with Crippen molar-refractivity contribution < 1.29 is 19.7 Å². The fourth-order valence-electron chi connectivity index (χ4n) is 1.88. The van der Waals surface area contributed by atoms with Gasteiger partial charge in [-0.1, -0.05) is 11.8 Å². The maximum atomic E-state index is 11.0. The third-order valence-electron chi connectivity index (χ3n) is 2.69. The maximum absolute atomic E-state index is 11.0. The molecule has 5 nitrogen and oxygen atoms in total. The van der Waals surface area contributed by atoms with Crippen molar-refractivity contribution >= 4 is 5.91 Å². The predicted molar refractivity (Wildman–Crippen MR) is 60.5 cm³/mol. The fourth-order valence-corrected chi connectivity index (χ4v) is 1.88. The van der Waals surface area contributed by atoms with Crippen molar-refractivity contribution in [2.75, 3.05) is 6.61 Å². The minimum absolute atomic E-state index is 0.336. The molecule has 1 heterocycles. The number of ether oxygens (including phenoxy) is 1. The molecule has 1 amide bonds. The fraction of sp³-hybridized carbons (Fsp3) is 0.583. The van der Waals surface area contributed by atoms with E-state index >= 15 is 0 Å². The van der Waals surface area contributed by atoms with Crippen molar-refractivity contribution in [3.8, 4) is 24.7 Å². The summed E-state index contributed by atoms with van der Waals surface area (Å²) in [4.78, 5) is 11.0. The molecular weight excluding hydrogens is 222 g/mol. The van der Waals surface area contributed by atoms with Crippen LogP contribution in [-0.2, 0) is 9.53 Å². The molecular formula is C12H15NO4. The van der Waals surface area contributed by atoms with Gasteiger partial charge in [0.1, 0.15) is 6.10 Å². The van der Waals surface area contributed by atoms with Crippen molar-refractivity contribution in [2.24, 2.45) is 5.92 Å². The first-order chi connectivity index (χ1) is 8.04. The predicted octanol–water partition coefficient (Wildman–Crippen LogP) is -1.51. The summed E-state index contributed by atoms with van der Waals surface area (Å²) >= 11 is 0. The van der Waals surface area contributed by atoms with E-state index in [1.165, 1.54) is 6.92 Å². The van der Waals surface area contributed by atoms with Crippen molar-refractivity contribution in [2.45, 2.75) is 31.3 Å². The topological polar surface area (TPSA) is 78.8 Å². The van der Waals surface area contributed by atoms with E-state index in [2.05, 4.69) is 17.2 Å². The van der Waals surface area contributed by atoms with Crippen LogP contribution in [0, 0.1) is 30.6 Å². The number of carbonyl (C=O) groups excluding carboxylic acids is 1. The van der Waals surface area contributed by atoms with E-state index in [-0.39, 0.29) is 12.5 Å².